The summed E-state index contributed by atoms with van der Waals surface area (Å²) in [6.45, 7) is 0.563. The number of aliphatic carboxylic acids is 1. The minimum Gasteiger partial charge on any atom is -0.481 e. The molecule has 0 aromatic rings. The highest BCUT2D eigenvalue weighted by molar-refractivity contribution is 5.70. The molecule has 1 aliphatic rings. The first-order valence-corrected chi connectivity index (χ1v) is 4.47. The van der Waals surface area contributed by atoms with E-state index in [1.54, 1.807) is 7.11 Å². The summed E-state index contributed by atoms with van der Waals surface area (Å²) in [5.41, 5.74) is 0. The molecule has 0 aromatic carbocycles. The van der Waals surface area contributed by atoms with E-state index < -0.39 is 5.97 Å². The topological polar surface area (TPSA) is 46.5 Å². The van der Waals surface area contributed by atoms with Crippen molar-refractivity contribution in [1.82, 2.24) is 0 Å². The van der Waals surface area contributed by atoms with Crippen LogP contribution >= 0.6 is 0 Å². The Balaban J connectivity index is 2.32. The number of ether oxygens (including phenoxy) is 1. The molecule has 0 saturated heterocycles. The maximum atomic E-state index is 10.8. The Labute approximate surface area is 72.7 Å². The Hall–Kier alpha value is -0.570. The molecule has 12 heavy (non-hydrogen) atoms. The van der Waals surface area contributed by atoms with Crippen molar-refractivity contribution in [1.29, 1.82) is 0 Å². The van der Waals surface area contributed by atoms with E-state index in [0.29, 0.717) is 18.9 Å². The van der Waals surface area contributed by atoms with Gasteiger partial charge < -0.3 is 9.84 Å². The number of hydrogen-bond donors (Lipinski definition) is 1. The Morgan fingerprint density at radius 3 is 2.67 bits per heavy atom. The van der Waals surface area contributed by atoms with Crippen molar-refractivity contribution in [3.8, 4) is 0 Å². The minimum atomic E-state index is -0.656. The zero-order chi connectivity index (χ0) is 8.97. The number of carboxylic acids is 1. The average Bonchev–Trinajstić information content (AvgIpc) is 1.93. The molecule has 1 saturated carbocycles. The van der Waals surface area contributed by atoms with E-state index in [1.165, 1.54) is 6.42 Å². The van der Waals surface area contributed by atoms with Crippen LogP contribution in [-0.2, 0) is 9.53 Å². The zero-order valence-corrected chi connectivity index (χ0v) is 7.45. The van der Waals surface area contributed by atoms with Gasteiger partial charge in [-0.3, -0.25) is 4.79 Å². The molecule has 1 fully saturated rings. The van der Waals surface area contributed by atoms with Gasteiger partial charge in [0.2, 0.25) is 0 Å². The molecule has 0 radical (unpaired) electrons. The lowest BCUT2D eigenvalue weighted by atomic mass is 9.75. The maximum Gasteiger partial charge on any atom is 0.306 e. The second kappa shape index (κ2) is 4.45. The summed E-state index contributed by atoms with van der Waals surface area (Å²) in [5, 5.41) is 8.88. The fraction of sp³-hybridized carbons (Fsp3) is 0.889. The van der Waals surface area contributed by atoms with E-state index in [4.69, 9.17) is 9.84 Å². The molecule has 70 valence electrons. The van der Waals surface area contributed by atoms with Crippen LogP contribution in [0.25, 0.3) is 0 Å². The van der Waals surface area contributed by atoms with Crippen molar-refractivity contribution in [3.05, 3.63) is 0 Å². The molecule has 3 heteroatoms. The summed E-state index contributed by atoms with van der Waals surface area (Å²) in [4.78, 5) is 10.8. The molecule has 1 aliphatic carbocycles. The van der Waals surface area contributed by atoms with E-state index in [-0.39, 0.29) is 5.92 Å². The molecule has 0 unspecified atom stereocenters. The molecule has 0 aromatic heterocycles. The molecular weight excluding hydrogens is 156 g/mol. The van der Waals surface area contributed by atoms with Gasteiger partial charge in [0.05, 0.1) is 5.92 Å². The van der Waals surface area contributed by atoms with E-state index in [0.717, 1.165) is 12.8 Å². The quantitative estimate of drug-likeness (QED) is 0.684. The first-order valence-electron chi connectivity index (χ1n) is 4.47. The largest absolute Gasteiger partial charge is 0.481 e. The lowest BCUT2D eigenvalue weighted by molar-refractivity contribution is -0.145. The summed E-state index contributed by atoms with van der Waals surface area (Å²) >= 11 is 0. The molecule has 0 amide bonds. The Morgan fingerprint density at radius 2 is 2.33 bits per heavy atom. The fourth-order valence-electron chi connectivity index (χ4n) is 1.65. The first-order chi connectivity index (χ1) is 5.75. The van der Waals surface area contributed by atoms with Gasteiger partial charge in [0.15, 0.2) is 0 Å². The lowest BCUT2D eigenvalue weighted by Crippen LogP contribution is -2.29. The van der Waals surface area contributed by atoms with Crippen molar-refractivity contribution in [3.63, 3.8) is 0 Å². The SMILES string of the molecule is COCC[C@@H](C(=O)O)C1CCC1. The number of carboxylic acid groups (broad SMARTS) is 1. The first kappa shape index (κ1) is 9.52. The van der Waals surface area contributed by atoms with E-state index >= 15 is 0 Å². The van der Waals surface area contributed by atoms with Gasteiger partial charge in [0.1, 0.15) is 0 Å². The van der Waals surface area contributed by atoms with Crippen LogP contribution in [0.3, 0.4) is 0 Å². The van der Waals surface area contributed by atoms with Crippen molar-refractivity contribution in [2.75, 3.05) is 13.7 Å². The molecule has 0 spiro atoms. The van der Waals surface area contributed by atoms with Crippen molar-refractivity contribution in [2.45, 2.75) is 25.7 Å². The minimum absolute atomic E-state index is 0.168. The maximum absolute atomic E-state index is 10.8. The molecule has 0 bridgehead atoms. The third-order valence-electron chi connectivity index (χ3n) is 2.67. The van der Waals surface area contributed by atoms with Crippen molar-refractivity contribution in [2.24, 2.45) is 11.8 Å². The summed E-state index contributed by atoms with van der Waals surface area (Å²) in [7, 11) is 1.61. The highest BCUT2D eigenvalue weighted by Crippen LogP contribution is 2.35. The second-order valence-corrected chi connectivity index (χ2v) is 3.42. The molecular formula is C9H16O3. The predicted octanol–water partition coefficient (Wildman–Crippen LogP) is 1.52. The predicted molar refractivity (Wildman–Crippen MR) is 45.0 cm³/mol. The smallest absolute Gasteiger partial charge is 0.306 e. The second-order valence-electron chi connectivity index (χ2n) is 3.42. The van der Waals surface area contributed by atoms with Crippen LogP contribution in [0.1, 0.15) is 25.7 Å². The van der Waals surface area contributed by atoms with Gasteiger partial charge in [0.25, 0.3) is 0 Å². The lowest BCUT2D eigenvalue weighted by Gasteiger charge is -2.30. The van der Waals surface area contributed by atoms with Gasteiger partial charge >= 0.3 is 5.97 Å². The molecule has 1 rings (SSSR count). The summed E-state index contributed by atoms with van der Waals surface area (Å²) in [6, 6.07) is 0. The highest BCUT2D eigenvalue weighted by atomic mass is 16.5. The van der Waals surface area contributed by atoms with Gasteiger partial charge in [0, 0.05) is 13.7 Å². The molecule has 0 aliphatic heterocycles. The normalized spacial score (nSPS) is 20.1. The van der Waals surface area contributed by atoms with Crippen molar-refractivity contribution >= 4 is 5.97 Å². The van der Waals surface area contributed by atoms with Crippen LogP contribution < -0.4 is 0 Å². The average molecular weight is 172 g/mol. The zero-order valence-electron chi connectivity index (χ0n) is 7.45. The standard InChI is InChI=1S/C9H16O3/c1-12-6-5-8(9(10)11)7-3-2-4-7/h7-8H,2-6H2,1H3,(H,10,11)/t8-/m1/s1. The molecule has 1 atom stereocenters. The Morgan fingerprint density at radius 1 is 1.67 bits per heavy atom. The Kier molecular flexibility index (Phi) is 3.53. The molecule has 1 N–H and O–H groups in total. The Bertz CT molecular complexity index is 152. The van der Waals surface area contributed by atoms with Crippen LogP contribution in [-0.4, -0.2) is 24.8 Å². The van der Waals surface area contributed by atoms with Gasteiger partial charge in [-0.15, -0.1) is 0 Å². The number of hydrogen-bond acceptors (Lipinski definition) is 2. The van der Waals surface area contributed by atoms with E-state index in [1.807, 2.05) is 0 Å². The summed E-state index contributed by atoms with van der Waals surface area (Å²) < 4.78 is 4.88. The van der Waals surface area contributed by atoms with Crippen LogP contribution in [0.15, 0.2) is 0 Å². The molecule has 3 nitrogen and oxygen atoms in total. The van der Waals surface area contributed by atoms with Gasteiger partial charge in [-0.1, -0.05) is 6.42 Å². The van der Waals surface area contributed by atoms with Gasteiger partial charge in [-0.05, 0) is 25.2 Å². The van der Waals surface area contributed by atoms with Crippen molar-refractivity contribution < 1.29 is 14.6 Å². The fourth-order valence-corrected chi connectivity index (χ4v) is 1.65. The third kappa shape index (κ3) is 2.21. The molecule has 0 heterocycles. The van der Waals surface area contributed by atoms with Crippen LogP contribution in [0.5, 0.6) is 0 Å². The van der Waals surface area contributed by atoms with E-state index in [9.17, 15) is 4.79 Å². The summed E-state index contributed by atoms with van der Waals surface area (Å²) in [5.74, 6) is -0.409. The van der Waals surface area contributed by atoms with Gasteiger partial charge in [-0.2, -0.15) is 0 Å². The van der Waals surface area contributed by atoms with Crippen LogP contribution in [0.4, 0.5) is 0 Å². The third-order valence-corrected chi connectivity index (χ3v) is 2.67. The highest BCUT2D eigenvalue weighted by Gasteiger charge is 2.31. The number of carbonyl (C=O) groups is 1. The van der Waals surface area contributed by atoms with Gasteiger partial charge in [-0.25, -0.2) is 0 Å². The summed E-state index contributed by atoms with van der Waals surface area (Å²) in [6.07, 6.45) is 4.03. The number of methoxy groups -OCH3 is 1. The van der Waals surface area contributed by atoms with Crippen LogP contribution in [0, 0.1) is 11.8 Å². The number of rotatable bonds is 5. The monoisotopic (exact) mass is 172 g/mol. The van der Waals surface area contributed by atoms with E-state index in [2.05, 4.69) is 0 Å². The van der Waals surface area contributed by atoms with Crippen LogP contribution in [0.2, 0.25) is 0 Å².